The van der Waals surface area contributed by atoms with E-state index in [0.717, 1.165) is 25.7 Å². The largest absolute Gasteiger partial charge is 0.349 e. The molecule has 0 radical (unpaired) electrons. The second-order valence-electron chi connectivity index (χ2n) is 7.40. The standard InChI is InChI=1S/C21H22N2O4S/c22-12-14-5-1-3-7-17(14)23-21(25)13-9-10-16-19(11-13)28(26,27)18-8-4-2-6-15(18)20(16)24/h2,4,6,8-11,14,17H,1,3,5,7,12,22H2,(H,23,25). The highest BCUT2D eigenvalue weighted by Gasteiger charge is 2.35. The van der Waals surface area contributed by atoms with Gasteiger partial charge in [-0.25, -0.2) is 8.42 Å². The molecule has 4 rings (SSSR count). The highest BCUT2D eigenvalue weighted by molar-refractivity contribution is 7.91. The molecule has 2 atom stereocenters. The monoisotopic (exact) mass is 398 g/mol. The van der Waals surface area contributed by atoms with Gasteiger partial charge in [-0.05, 0) is 55.6 Å². The molecule has 2 aliphatic rings. The highest BCUT2D eigenvalue weighted by Crippen LogP contribution is 2.35. The summed E-state index contributed by atoms with van der Waals surface area (Å²) in [5, 5.41) is 3.00. The van der Waals surface area contributed by atoms with Gasteiger partial charge in [-0.15, -0.1) is 0 Å². The average Bonchev–Trinajstić information content (AvgIpc) is 2.72. The fourth-order valence-corrected chi connectivity index (χ4v) is 5.83. The Hall–Kier alpha value is -2.51. The van der Waals surface area contributed by atoms with Crippen LogP contribution in [-0.2, 0) is 9.84 Å². The first kappa shape index (κ1) is 18.8. The number of ketones is 1. The Labute approximate surface area is 164 Å². The Morgan fingerprint density at radius 1 is 1.04 bits per heavy atom. The fourth-order valence-electron chi connectivity index (χ4n) is 4.16. The Morgan fingerprint density at radius 2 is 1.75 bits per heavy atom. The van der Waals surface area contributed by atoms with Crippen LogP contribution in [0, 0.1) is 5.92 Å². The molecule has 0 spiro atoms. The average molecular weight is 398 g/mol. The summed E-state index contributed by atoms with van der Waals surface area (Å²) in [6, 6.07) is 10.4. The van der Waals surface area contributed by atoms with Crippen molar-refractivity contribution in [2.24, 2.45) is 11.7 Å². The molecule has 2 aromatic carbocycles. The number of hydrogen-bond donors (Lipinski definition) is 2. The number of nitrogens with two attached hydrogens (primary N) is 1. The van der Waals surface area contributed by atoms with Gasteiger partial charge in [0.15, 0.2) is 5.78 Å². The maximum absolute atomic E-state index is 13.0. The number of carbonyl (C=O) groups is 2. The number of rotatable bonds is 3. The van der Waals surface area contributed by atoms with Gasteiger partial charge in [0.05, 0.1) is 9.79 Å². The predicted molar refractivity (Wildman–Crippen MR) is 104 cm³/mol. The van der Waals surface area contributed by atoms with Crippen LogP contribution in [-0.4, -0.2) is 32.7 Å². The Kier molecular flexibility index (Phi) is 4.81. The fraction of sp³-hybridized carbons (Fsp3) is 0.333. The van der Waals surface area contributed by atoms with E-state index in [1.807, 2.05) is 0 Å². The van der Waals surface area contributed by atoms with Gasteiger partial charge < -0.3 is 11.1 Å². The molecule has 0 aromatic heterocycles. The third-order valence-electron chi connectivity index (χ3n) is 5.73. The Balaban J connectivity index is 1.68. The number of benzene rings is 2. The van der Waals surface area contributed by atoms with Crippen LogP contribution in [0.25, 0.3) is 0 Å². The number of fused-ring (bicyclic) bond motifs is 2. The summed E-state index contributed by atoms with van der Waals surface area (Å²) >= 11 is 0. The zero-order chi connectivity index (χ0) is 19.9. The topological polar surface area (TPSA) is 106 Å². The maximum atomic E-state index is 13.0. The van der Waals surface area contributed by atoms with Crippen molar-refractivity contribution in [2.45, 2.75) is 41.5 Å². The summed E-state index contributed by atoms with van der Waals surface area (Å²) in [4.78, 5) is 25.3. The molecule has 1 aliphatic heterocycles. The number of hydrogen-bond acceptors (Lipinski definition) is 5. The molecular weight excluding hydrogens is 376 g/mol. The smallest absolute Gasteiger partial charge is 0.251 e. The highest BCUT2D eigenvalue weighted by atomic mass is 32.2. The lowest BCUT2D eigenvalue weighted by Crippen LogP contribution is -2.44. The minimum absolute atomic E-state index is 0.0127. The van der Waals surface area contributed by atoms with Crippen LogP contribution in [0.2, 0.25) is 0 Å². The lowest BCUT2D eigenvalue weighted by molar-refractivity contribution is 0.0906. The third kappa shape index (κ3) is 3.04. The van der Waals surface area contributed by atoms with E-state index in [4.69, 9.17) is 5.73 Å². The van der Waals surface area contributed by atoms with E-state index in [9.17, 15) is 18.0 Å². The predicted octanol–water partition coefficient (Wildman–Crippen LogP) is 2.31. The van der Waals surface area contributed by atoms with Gasteiger partial charge in [0.1, 0.15) is 0 Å². The van der Waals surface area contributed by atoms with Crippen molar-refractivity contribution in [2.75, 3.05) is 6.54 Å². The molecule has 0 bridgehead atoms. The van der Waals surface area contributed by atoms with Gasteiger partial charge in [-0.1, -0.05) is 25.0 Å². The first-order valence-corrected chi connectivity index (χ1v) is 11.0. The van der Waals surface area contributed by atoms with Crippen LogP contribution < -0.4 is 11.1 Å². The van der Waals surface area contributed by atoms with Crippen molar-refractivity contribution in [1.29, 1.82) is 0 Å². The molecule has 2 aromatic rings. The molecule has 3 N–H and O–H groups in total. The summed E-state index contributed by atoms with van der Waals surface area (Å²) in [7, 11) is -3.86. The molecule has 1 saturated carbocycles. The number of amides is 1. The number of sulfone groups is 1. The molecular formula is C21H22N2O4S. The van der Waals surface area contributed by atoms with E-state index >= 15 is 0 Å². The molecule has 6 nitrogen and oxygen atoms in total. The van der Waals surface area contributed by atoms with E-state index in [-0.39, 0.29) is 50.1 Å². The normalized spacial score (nSPS) is 22.8. The molecule has 1 fully saturated rings. The first-order valence-electron chi connectivity index (χ1n) is 9.47. The van der Waals surface area contributed by atoms with Gasteiger partial charge in [0.2, 0.25) is 9.84 Å². The van der Waals surface area contributed by atoms with Crippen molar-refractivity contribution in [3.8, 4) is 0 Å². The third-order valence-corrected chi connectivity index (χ3v) is 7.58. The van der Waals surface area contributed by atoms with E-state index in [1.165, 1.54) is 30.3 Å². The number of carbonyl (C=O) groups excluding carboxylic acids is 2. The van der Waals surface area contributed by atoms with Crippen LogP contribution in [0.4, 0.5) is 0 Å². The quantitative estimate of drug-likeness (QED) is 0.704. The minimum atomic E-state index is -3.86. The molecule has 0 saturated heterocycles. The van der Waals surface area contributed by atoms with Gasteiger partial charge in [-0.2, -0.15) is 0 Å². The summed E-state index contributed by atoms with van der Waals surface area (Å²) in [5.41, 5.74) is 6.33. The van der Waals surface area contributed by atoms with Gasteiger partial charge in [-0.3, -0.25) is 9.59 Å². The Morgan fingerprint density at radius 3 is 2.54 bits per heavy atom. The van der Waals surface area contributed by atoms with Crippen LogP contribution >= 0.6 is 0 Å². The molecule has 1 amide bonds. The summed E-state index contributed by atoms with van der Waals surface area (Å²) in [5.74, 6) is -0.454. The molecule has 28 heavy (non-hydrogen) atoms. The zero-order valence-corrected chi connectivity index (χ0v) is 16.2. The van der Waals surface area contributed by atoms with Crippen LogP contribution in [0.15, 0.2) is 52.3 Å². The van der Waals surface area contributed by atoms with Crippen molar-refractivity contribution < 1.29 is 18.0 Å². The lowest BCUT2D eigenvalue weighted by Gasteiger charge is -2.31. The Bertz CT molecular complexity index is 1060. The number of nitrogens with one attached hydrogen (secondary N) is 1. The molecule has 1 heterocycles. The van der Waals surface area contributed by atoms with Crippen LogP contribution in [0.3, 0.4) is 0 Å². The van der Waals surface area contributed by atoms with Gasteiger partial charge >= 0.3 is 0 Å². The second kappa shape index (κ2) is 7.14. The van der Waals surface area contributed by atoms with Crippen molar-refractivity contribution in [3.05, 3.63) is 59.2 Å². The second-order valence-corrected chi connectivity index (χ2v) is 9.29. The summed E-state index contributed by atoms with van der Waals surface area (Å²) < 4.78 is 26.0. The van der Waals surface area contributed by atoms with Crippen LogP contribution in [0.5, 0.6) is 0 Å². The van der Waals surface area contributed by atoms with Crippen LogP contribution in [0.1, 0.15) is 52.0 Å². The van der Waals surface area contributed by atoms with Gasteiger partial charge in [0, 0.05) is 22.7 Å². The molecule has 146 valence electrons. The van der Waals surface area contributed by atoms with E-state index in [2.05, 4.69) is 5.32 Å². The van der Waals surface area contributed by atoms with E-state index in [0.29, 0.717) is 6.54 Å². The van der Waals surface area contributed by atoms with Gasteiger partial charge in [0.25, 0.3) is 5.91 Å². The summed E-state index contributed by atoms with van der Waals surface area (Å²) in [6.07, 6.45) is 3.98. The first-order chi connectivity index (χ1) is 13.4. The molecule has 7 heteroatoms. The summed E-state index contributed by atoms with van der Waals surface area (Å²) in [6.45, 7) is 0.509. The van der Waals surface area contributed by atoms with Crippen molar-refractivity contribution in [1.82, 2.24) is 5.32 Å². The minimum Gasteiger partial charge on any atom is -0.349 e. The SMILES string of the molecule is NCC1CCCCC1NC(=O)c1ccc2c(c1)S(=O)(=O)c1ccccc1C2=O. The lowest BCUT2D eigenvalue weighted by atomic mass is 9.84. The molecule has 1 aliphatic carbocycles. The van der Waals surface area contributed by atoms with E-state index in [1.54, 1.807) is 12.1 Å². The van der Waals surface area contributed by atoms with E-state index < -0.39 is 9.84 Å². The van der Waals surface area contributed by atoms with Crippen molar-refractivity contribution in [3.63, 3.8) is 0 Å². The molecule has 2 unspecified atom stereocenters. The maximum Gasteiger partial charge on any atom is 0.251 e. The zero-order valence-electron chi connectivity index (χ0n) is 15.4. The van der Waals surface area contributed by atoms with Crippen molar-refractivity contribution >= 4 is 21.5 Å².